The van der Waals surface area contributed by atoms with Crippen LogP contribution in [0.4, 0.5) is 0 Å². The van der Waals surface area contributed by atoms with E-state index >= 15 is 0 Å². The number of rotatable bonds is 5. The molecular weight excluding hydrogens is 292 g/mol. The lowest BCUT2D eigenvalue weighted by Gasteiger charge is -2.38. The molecule has 122 valence electrons. The predicted octanol–water partition coefficient (Wildman–Crippen LogP) is 2.40. The summed E-state index contributed by atoms with van der Waals surface area (Å²) >= 11 is 0. The first kappa shape index (κ1) is 15.7. The van der Waals surface area contributed by atoms with E-state index in [-0.39, 0.29) is 23.8 Å². The summed E-state index contributed by atoms with van der Waals surface area (Å²) in [6.45, 7) is 3.50. The smallest absolute Gasteiger partial charge is 0.289 e. The van der Waals surface area contributed by atoms with Crippen molar-refractivity contribution in [1.82, 2.24) is 10.3 Å². The number of aryl methyl sites for hydroxylation is 2. The van der Waals surface area contributed by atoms with Crippen LogP contribution < -0.4 is 5.32 Å². The van der Waals surface area contributed by atoms with E-state index < -0.39 is 0 Å². The minimum Gasteiger partial charge on any atom is -0.436 e. The number of carbonyl (C=O) groups excluding carboxylic acids is 1. The number of nitrogens with one attached hydrogen (secondary N) is 1. The first-order valence-electron chi connectivity index (χ1n) is 8.00. The first-order chi connectivity index (χ1) is 11.0. The van der Waals surface area contributed by atoms with Crippen molar-refractivity contribution in [2.24, 2.45) is 5.92 Å². The van der Waals surface area contributed by atoms with Gasteiger partial charge in [0.25, 0.3) is 5.91 Å². The van der Waals surface area contributed by atoms with Gasteiger partial charge >= 0.3 is 0 Å². The second-order valence-electron chi connectivity index (χ2n) is 6.30. The van der Waals surface area contributed by atoms with Gasteiger partial charge in [-0.3, -0.25) is 4.79 Å². The van der Waals surface area contributed by atoms with Gasteiger partial charge in [0.15, 0.2) is 5.89 Å². The molecular formula is C18H22N2O3. The number of aromatic nitrogens is 1. The van der Waals surface area contributed by atoms with Gasteiger partial charge in [-0.25, -0.2) is 4.98 Å². The molecule has 1 atom stereocenters. The van der Waals surface area contributed by atoms with Crippen molar-refractivity contribution in [2.75, 3.05) is 0 Å². The summed E-state index contributed by atoms with van der Waals surface area (Å²) in [7, 11) is 0. The van der Waals surface area contributed by atoms with Crippen LogP contribution in [0.15, 0.2) is 34.7 Å². The van der Waals surface area contributed by atoms with Gasteiger partial charge in [-0.15, -0.1) is 0 Å². The fraction of sp³-hybridized carbons (Fsp3) is 0.444. The Kier molecular flexibility index (Phi) is 4.48. The van der Waals surface area contributed by atoms with Crippen LogP contribution in [0.25, 0.3) is 0 Å². The Hall–Kier alpha value is -2.14. The number of benzene rings is 1. The van der Waals surface area contributed by atoms with Gasteiger partial charge in [0.05, 0.1) is 11.8 Å². The Balaban J connectivity index is 1.73. The molecule has 1 heterocycles. The largest absolute Gasteiger partial charge is 0.436 e. The van der Waals surface area contributed by atoms with Crippen molar-refractivity contribution in [3.05, 3.63) is 53.2 Å². The van der Waals surface area contributed by atoms with Crippen LogP contribution in [-0.2, 0) is 6.42 Å². The Morgan fingerprint density at radius 1 is 1.35 bits per heavy atom. The molecule has 1 aliphatic carbocycles. The van der Waals surface area contributed by atoms with Crippen molar-refractivity contribution >= 4 is 5.91 Å². The number of hydrogen-bond acceptors (Lipinski definition) is 4. The van der Waals surface area contributed by atoms with Crippen LogP contribution in [0.2, 0.25) is 0 Å². The van der Waals surface area contributed by atoms with Crippen LogP contribution in [0, 0.1) is 19.8 Å². The maximum atomic E-state index is 12.5. The molecule has 0 aliphatic heterocycles. The highest BCUT2D eigenvalue weighted by Gasteiger charge is 2.35. The first-order valence-corrected chi connectivity index (χ1v) is 8.00. The molecule has 1 saturated carbocycles. The highest BCUT2D eigenvalue weighted by Crippen LogP contribution is 2.32. The number of oxazole rings is 1. The van der Waals surface area contributed by atoms with E-state index in [1.54, 1.807) is 13.8 Å². The van der Waals surface area contributed by atoms with E-state index in [0.29, 0.717) is 17.5 Å². The standard InChI is InChI=1S/C18H22N2O3/c1-11-17(23-12(2)19-11)18(22)20-16(14-9-15(21)10-14)8-13-6-4-3-5-7-13/h3-7,14-16,21H,8-10H2,1-2H3,(H,20,22)/t14?,15?,16-/m0/s1. The zero-order valence-electron chi connectivity index (χ0n) is 13.5. The molecule has 5 heteroatoms. The number of nitrogens with zero attached hydrogens (tertiary/aromatic N) is 1. The normalized spacial score (nSPS) is 21.5. The zero-order chi connectivity index (χ0) is 16.4. The maximum Gasteiger partial charge on any atom is 0.289 e. The van der Waals surface area contributed by atoms with Crippen LogP contribution in [0.5, 0.6) is 0 Å². The van der Waals surface area contributed by atoms with E-state index in [2.05, 4.69) is 22.4 Å². The Bertz CT molecular complexity index is 675. The molecule has 1 aromatic heterocycles. The number of aliphatic hydroxyl groups excluding tert-OH is 1. The molecule has 2 aromatic rings. The molecule has 1 amide bonds. The van der Waals surface area contributed by atoms with Gasteiger partial charge < -0.3 is 14.8 Å². The molecule has 1 aliphatic rings. The maximum absolute atomic E-state index is 12.5. The Morgan fingerprint density at radius 3 is 2.61 bits per heavy atom. The summed E-state index contributed by atoms with van der Waals surface area (Å²) in [5.41, 5.74) is 1.77. The number of amides is 1. The van der Waals surface area contributed by atoms with E-state index in [4.69, 9.17) is 4.42 Å². The Labute approximate surface area is 135 Å². The van der Waals surface area contributed by atoms with Crippen LogP contribution in [0.3, 0.4) is 0 Å². The molecule has 0 saturated heterocycles. The summed E-state index contributed by atoms with van der Waals surface area (Å²) in [5.74, 6) is 0.829. The van der Waals surface area contributed by atoms with Gasteiger partial charge in [0, 0.05) is 13.0 Å². The van der Waals surface area contributed by atoms with E-state index in [9.17, 15) is 9.90 Å². The molecule has 0 bridgehead atoms. The van der Waals surface area contributed by atoms with E-state index in [1.807, 2.05) is 18.2 Å². The molecule has 0 unspecified atom stereocenters. The van der Waals surface area contributed by atoms with Crippen molar-refractivity contribution in [2.45, 2.75) is 45.3 Å². The van der Waals surface area contributed by atoms with Gasteiger partial charge in [-0.1, -0.05) is 30.3 Å². The third kappa shape index (κ3) is 3.62. The molecule has 23 heavy (non-hydrogen) atoms. The minimum atomic E-state index is -0.246. The number of hydrogen-bond donors (Lipinski definition) is 2. The molecule has 2 N–H and O–H groups in total. The van der Waals surface area contributed by atoms with Crippen LogP contribution >= 0.6 is 0 Å². The zero-order valence-corrected chi connectivity index (χ0v) is 13.5. The highest BCUT2D eigenvalue weighted by atomic mass is 16.4. The average Bonchev–Trinajstić information content (AvgIpc) is 2.83. The summed E-state index contributed by atoms with van der Waals surface area (Å²) in [4.78, 5) is 16.6. The van der Waals surface area contributed by atoms with Crippen molar-refractivity contribution in [1.29, 1.82) is 0 Å². The van der Waals surface area contributed by atoms with Crippen molar-refractivity contribution < 1.29 is 14.3 Å². The third-order valence-electron chi connectivity index (χ3n) is 4.44. The topological polar surface area (TPSA) is 75.4 Å². The lowest BCUT2D eigenvalue weighted by atomic mass is 9.75. The molecule has 5 nitrogen and oxygen atoms in total. The second-order valence-corrected chi connectivity index (χ2v) is 6.30. The van der Waals surface area contributed by atoms with Gasteiger partial charge in [-0.05, 0) is 37.7 Å². The molecule has 0 spiro atoms. The summed E-state index contributed by atoms with van der Waals surface area (Å²) in [6, 6.07) is 10.1. The van der Waals surface area contributed by atoms with E-state index in [1.165, 1.54) is 5.56 Å². The summed E-state index contributed by atoms with van der Waals surface area (Å²) in [5, 5.41) is 12.7. The minimum absolute atomic E-state index is 0.0156. The average molecular weight is 314 g/mol. The lowest BCUT2D eigenvalue weighted by molar-refractivity contribution is 0.0236. The lowest BCUT2D eigenvalue weighted by Crippen LogP contribution is -2.48. The Morgan fingerprint density at radius 2 is 2.04 bits per heavy atom. The third-order valence-corrected chi connectivity index (χ3v) is 4.44. The SMILES string of the molecule is Cc1nc(C)c(C(=O)N[C@@H](Cc2ccccc2)C2CC(O)C2)o1. The second kappa shape index (κ2) is 6.54. The number of carbonyl (C=O) groups is 1. The fourth-order valence-electron chi connectivity index (χ4n) is 3.14. The van der Waals surface area contributed by atoms with E-state index in [0.717, 1.165) is 19.3 Å². The fourth-order valence-corrected chi connectivity index (χ4v) is 3.14. The van der Waals surface area contributed by atoms with Crippen LogP contribution in [0.1, 0.15) is 40.5 Å². The van der Waals surface area contributed by atoms with Crippen LogP contribution in [-0.4, -0.2) is 28.1 Å². The number of aliphatic hydroxyl groups is 1. The molecule has 1 aromatic carbocycles. The van der Waals surface area contributed by atoms with Gasteiger partial charge in [-0.2, -0.15) is 0 Å². The molecule has 0 radical (unpaired) electrons. The highest BCUT2D eigenvalue weighted by molar-refractivity contribution is 5.92. The predicted molar refractivity (Wildman–Crippen MR) is 86.1 cm³/mol. The summed E-state index contributed by atoms with van der Waals surface area (Å²) in [6.07, 6.45) is 1.96. The van der Waals surface area contributed by atoms with Crippen molar-refractivity contribution in [3.63, 3.8) is 0 Å². The molecule has 3 rings (SSSR count). The van der Waals surface area contributed by atoms with Gasteiger partial charge in [0.1, 0.15) is 0 Å². The molecule has 1 fully saturated rings. The quantitative estimate of drug-likeness (QED) is 0.888. The van der Waals surface area contributed by atoms with Crippen molar-refractivity contribution in [3.8, 4) is 0 Å². The monoisotopic (exact) mass is 314 g/mol. The van der Waals surface area contributed by atoms with Gasteiger partial charge in [0.2, 0.25) is 5.76 Å². The summed E-state index contributed by atoms with van der Waals surface area (Å²) < 4.78 is 5.41.